The molecule has 21 heavy (non-hydrogen) atoms. The topological polar surface area (TPSA) is 0 Å². The fourth-order valence-electron chi connectivity index (χ4n) is 7.93. The summed E-state index contributed by atoms with van der Waals surface area (Å²) in [6.45, 7) is 10.5. The van der Waals surface area contributed by atoms with Crippen LogP contribution in [0, 0.1) is 46.3 Å². The predicted molar refractivity (Wildman–Crippen MR) is 90.1 cm³/mol. The summed E-state index contributed by atoms with van der Waals surface area (Å²) in [7, 11) is 0. The van der Waals surface area contributed by atoms with Gasteiger partial charge in [0.1, 0.15) is 0 Å². The van der Waals surface area contributed by atoms with Crippen molar-refractivity contribution in [2.24, 2.45) is 46.3 Å². The smallest absolute Gasteiger partial charge is 0.0264 e. The van der Waals surface area contributed by atoms with E-state index in [0.717, 1.165) is 40.9 Å². The molecule has 0 aromatic rings. The fraction of sp³-hybridized carbons (Fsp3) is 1.00. The molecule has 0 bridgehead atoms. The summed E-state index contributed by atoms with van der Waals surface area (Å²) >= 11 is 0. The molecule has 4 fully saturated rings. The van der Waals surface area contributed by atoms with Gasteiger partial charge in [0.15, 0.2) is 0 Å². The van der Waals surface area contributed by atoms with E-state index < -0.39 is 0 Å². The van der Waals surface area contributed by atoms with Gasteiger partial charge >= 0.3 is 0 Å². The minimum Gasteiger partial charge on any atom is -0.0625 e. The third-order valence-electron chi connectivity index (χ3n) is 9.08. The van der Waals surface area contributed by atoms with Crippen molar-refractivity contribution in [2.45, 2.75) is 85.5 Å². The van der Waals surface area contributed by atoms with Gasteiger partial charge in [-0.05, 0) is 91.3 Å². The van der Waals surface area contributed by atoms with Gasteiger partial charge in [0, 0.05) is 0 Å². The summed E-state index contributed by atoms with van der Waals surface area (Å²) in [6.07, 6.45) is 13.9. The van der Waals surface area contributed by atoms with Crippen LogP contribution in [0.3, 0.4) is 0 Å². The second-order valence-electron chi connectivity index (χ2n) is 10.2. The van der Waals surface area contributed by atoms with Crippen molar-refractivity contribution in [3.63, 3.8) is 0 Å². The Hall–Kier alpha value is 0. The van der Waals surface area contributed by atoms with Gasteiger partial charge in [0.25, 0.3) is 0 Å². The molecule has 4 rings (SSSR count). The molecule has 4 aliphatic carbocycles. The average molecular weight is 289 g/mol. The fourth-order valence-corrected chi connectivity index (χ4v) is 7.93. The van der Waals surface area contributed by atoms with Crippen LogP contribution in [0.4, 0.5) is 0 Å². The van der Waals surface area contributed by atoms with Gasteiger partial charge in [0.2, 0.25) is 0 Å². The highest BCUT2D eigenvalue weighted by Gasteiger charge is 2.59. The highest BCUT2D eigenvalue weighted by molar-refractivity contribution is 5.08. The van der Waals surface area contributed by atoms with E-state index in [9.17, 15) is 0 Å². The highest BCUT2D eigenvalue weighted by Crippen LogP contribution is 2.67. The zero-order valence-corrected chi connectivity index (χ0v) is 14.8. The molecule has 3 unspecified atom stereocenters. The van der Waals surface area contributed by atoms with Crippen molar-refractivity contribution < 1.29 is 0 Å². The van der Waals surface area contributed by atoms with Gasteiger partial charge in [-0.15, -0.1) is 0 Å². The highest BCUT2D eigenvalue weighted by atomic mass is 14.6. The summed E-state index contributed by atoms with van der Waals surface area (Å²) in [6, 6.07) is 0. The molecule has 0 spiro atoms. The van der Waals surface area contributed by atoms with Crippen LogP contribution in [0.1, 0.15) is 85.5 Å². The lowest BCUT2D eigenvalue weighted by Gasteiger charge is -2.62. The maximum Gasteiger partial charge on any atom is -0.0264 e. The van der Waals surface area contributed by atoms with Crippen molar-refractivity contribution >= 4 is 0 Å². The van der Waals surface area contributed by atoms with E-state index in [1.54, 1.807) is 25.7 Å². The van der Waals surface area contributed by atoms with Crippen LogP contribution >= 0.6 is 0 Å². The molecule has 0 N–H and O–H groups in total. The molecule has 4 aliphatic rings. The van der Waals surface area contributed by atoms with Crippen LogP contribution in [-0.2, 0) is 0 Å². The van der Waals surface area contributed by atoms with E-state index in [1.165, 1.54) is 32.1 Å². The lowest BCUT2D eigenvalue weighted by atomic mass is 9.43. The number of fused-ring (bicyclic) bond motifs is 5. The molecular weight excluding hydrogens is 252 g/mol. The van der Waals surface area contributed by atoms with E-state index >= 15 is 0 Å². The van der Waals surface area contributed by atoms with Gasteiger partial charge in [-0.2, -0.15) is 0 Å². The van der Waals surface area contributed by atoms with Gasteiger partial charge < -0.3 is 0 Å². The first-order chi connectivity index (χ1) is 9.94. The Balaban J connectivity index is 1.66. The van der Waals surface area contributed by atoms with Crippen LogP contribution < -0.4 is 0 Å². The Bertz CT molecular complexity index is 412. The zero-order valence-electron chi connectivity index (χ0n) is 14.8. The summed E-state index contributed by atoms with van der Waals surface area (Å²) in [5.41, 5.74) is 1.42. The molecule has 0 heteroatoms. The Morgan fingerprint density at radius 2 is 1.57 bits per heavy atom. The summed E-state index contributed by atoms with van der Waals surface area (Å²) < 4.78 is 0. The predicted octanol–water partition coefficient (Wildman–Crippen LogP) is 6.30. The van der Waals surface area contributed by atoms with Gasteiger partial charge in [0.05, 0.1) is 0 Å². The summed E-state index contributed by atoms with van der Waals surface area (Å²) in [5.74, 6) is 6.24. The molecule has 0 nitrogen and oxygen atoms in total. The molecule has 8 atom stereocenters. The lowest BCUT2D eigenvalue weighted by molar-refractivity contribution is -0.132. The molecule has 0 radical (unpaired) electrons. The quantitative estimate of drug-likeness (QED) is 0.490. The average Bonchev–Trinajstić information content (AvgIpc) is 2.83. The first kappa shape index (κ1) is 14.6. The number of rotatable bonds is 0. The van der Waals surface area contributed by atoms with E-state index in [2.05, 4.69) is 27.7 Å². The van der Waals surface area contributed by atoms with Gasteiger partial charge in [-0.25, -0.2) is 0 Å². The van der Waals surface area contributed by atoms with Crippen molar-refractivity contribution in [3.8, 4) is 0 Å². The molecule has 120 valence electrons. The van der Waals surface area contributed by atoms with Crippen molar-refractivity contribution in [1.82, 2.24) is 0 Å². The Morgan fingerprint density at radius 3 is 2.38 bits per heavy atom. The first-order valence-corrected chi connectivity index (χ1v) is 9.94. The van der Waals surface area contributed by atoms with Crippen LogP contribution in [0.15, 0.2) is 0 Å². The van der Waals surface area contributed by atoms with E-state index in [-0.39, 0.29) is 0 Å². The minimum atomic E-state index is 0.693. The van der Waals surface area contributed by atoms with Crippen molar-refractivity contribution in [1.29, 1.82) is 0 Å². The maximum atomic E-state index is 2.72. The largest absolute Gasteiger partial charge is 0.0625 e. The van der Waals surface area contributed by atoms with Gasteiger partial charge in [-0.1, -0.05) is 40.5 Å². The van der Waals surface area contributed by atoms with Gasteiger partial charge in [-0.3, -0.25) is 0 Å². The second kappa shape index (κ2) is 4.75. The maximum absolute atomic E-state index is 2.72. The molecule has 0 amide bonds. The number of hydrogen-bond donors (Lipinski definition) is 0. The van der Waals surface area contributed by atoms with E-state index in [0.29, 0.717) is 5.41 Å². The normalized spacial score (nSPS) is 60.0. The van der Waals surface area contributed by atoms with Crippen LogP contribution in [-0.4, -0.2) is 0 Å². The van der Waals surface area contributed by atoms with Crippen molar-refractivity contribution in [3.05, 3.63) is 0 Å². The zero-order chi connectivity index (χ0) is 14.8. The molecule has 0 heterocycles. The first-order valence-electron chi connectivity index (χ1n) is 9.94. The third-order valence-corrected chi connectivity index (χ3v) is 9.08. The molecule has 0 aromatic carbocycles. The third kappa shape index (κ3) is 1.99. The summed E-state index contributed by atoms with van der Waals surface area (Å²) in [5, 5.41) is 0. The molecule has 0 aromatic heterocycles. The Morgan fingerprint density at radius 1 is 0.762 bits per heavy atom. The van der Waals surface area contributed by atoms with Crippen LogP contribution in [0.25, 0.3) is 0 Å². The standard InChI is InChI=1S/C21H36/c1-14-7-11-21(4)18-8-10-20(3)9-5-6-17(20)16(18)13-15(2)19(21)12-14/h14-19H,5-13H2,1-4H3/t14?,15?,16-,17-,18-,19?,20-,21+/m0/s1. The van der Waals surface area contributed by atoms with E-state index in [1.807, 2.05) is 0 Å². The molecule has 0 aliphatic heterocycles. The van der Waals surface area contributed by atoms with Crippen LogP contribution in [0.2, 0.25) is 0 Å². The SMILES string of the molecule is CC1CC[C@@]2(C)C(C1)C(C)C[C@H]1[C@@H]3CCC[C@@]3(C)CC[C@@H]12. The monoisotopic (exact) mass is 288 g/mol. The minimum absolute atomic E-state index is 0.693. The Kier molecular flexibility index (Phi) is 3.30. The Labute approximate surface area is 132 Å². The van der Waals surface area contributed by atoms with Crippen LogP contribution in [0.5, 0.6) is 0 Å². The molecule has 0 saturated heterocycles. The van der Waals surface area contributed by atoms with E-state index in [4.69, 9.17) is 0 Å². The summed E-state index contributed by atoms with van der Waals surface area (Å²) in [4.78, 5) is 0. The lowest BCUT2D eigenvalue weighted by Crippen LogP contribution is -2.55. The molecule has 4 saturated carbocycles. The number of hydrogen-bond acceptors (Lipinski definition) is 0. The molecular formula is C21H36. The van der Waals surface area contributed by atoms with Crippen molar-refractivity contribution in [2.75, 3.05) is 0 Å². The second-order valence-corrected chi connectivity index (χ2v) is 10.2.